The Balaban J connectivity index is 1.12. The molecule has 50 heavy (non-hydrogen) atoms. The number of aliphatic hydroxyl groups is 1. The molecular formula is C38H49N5O7. The molecule has 1 saturated heterocycles. The molecule has 3 aromatic rings. The smallest absolute Gasteiger partial charge is 0.411 e. The van der Waals surface area contributed by atoms with Crippen molar-refractivity contribution in [2.45, 2.75) is 101 Å². The van der Waals surface area contributed by atoms with Crippen molar-refractivity contribution >= 4 is 17.8 Å². The Bertz CT molecular complexity index is 1640. The minimum absolute atomic E-state index is 0.0678. The number of hydrogen-bond acceptors (Lipinski definition) is 10. The highest BCUT2D eigenvalue weighted by molar-refractivity contribution is 6.00. The normalized spacial score (nSPS) is 22.1. The van der Waals surface area contributed by atoms with Crippen LogP contribution in [0.5, 0.6) is 5.75 Å². The van der Waals surface area contributed by atoms with Gasteiger partial charge in [0.15, 0.2) is 11.5 Å². The van der Waals surface area contributed by atoms with Gasteiger partial charge in [0, 0.05) is 35.8 Å². The number of carbonyl (C=O) groups is 2. The summed E-state index contributed by atoms with van der Waals surface area (Å²) >= 11 is 0. The van der Waals surface area contributed by atoms with E-state index in [1.807, 2.05) is 25.1 Å². The van der Waals surface area contributed by atoms with Gasteiger partial charge in [0.1, 0.15) is 23.5 Å². The number of ether oxygens (including phenoxy) is 3. The third-order valence-corrected chi connectivity index (χ3v) is 10.9. The molecule has 0 spiro atoms. The van der Waals surface area contributed by atoms with Gasteiger partial charge in [-0.1, -0.05) is 6.42 Å². The van der Waals surface area contributed by atoms with Crippen LogP contribution < -0.4 is 9.64 Å². The molecule has 3 aliphatic carbocycles. The molecule has 4 aliphatic rings. The number of methoxy groups -OCH3 is 1. The minimum atomic E-state index is -1.28. The predicted molar refractivity (Wildman–Crippen MR) is 185 cm³/mol. The number of aryl methyl sites for hydroxylation is 1. The van der Waals surface area contributed by atoms with E-state index >= 15 is 0 Å². The van der Waals surface area contributed by atoms with E-state index in [9.17, 15) is 9.59 Å². The molecule has 0 radical (unpaired) electrons. The van der Waals surface area contributed by atoms with Crippen LogP contribution in [0, 0.1) is 12.8 Å². The molecule has 0 aromatic carbocycles. The van der Waals surface area contributed by atoms with Crippen molar-refractivity contribution in [2.75, 3.05) is 44.9 Å². The maximum Gasteiger partial charge on any atom is 0.411 e. The highest BCUT2D eigenvalue weighted by Gasteiger charge is 2.49. The number of hydrogen-bond donors (Lipinski definition) is 1. The predicted octanol–water partition coefficient (Wildman–Crippen LogP) is 6.17. The molecule has 1 N–H and O–H groups in total. The van der Waals surface area contributed by atoms with E-state index in [-0.39, 0.29) is 31.1 Å². The van der Waals surface area contributed by atoms with E-state index in [1.54, 1.807) is 29.4 Å². The second-order valence-corrected chi connectivity index (χ2v) is 14.4. The van der Waals surface area contributed by atoms with Gasteiger partial charge in [0.2, 0.25) is 0 Å². The van der Waals surface area contributed by atoms with Crippen LogP contribution in [0.25, 0.3) is 11.3 Å². The van der Waals surface area contributed by atoms with Gasteiger partial charge < -0.3 is 28.6 Å². The zero-order chi connectivity index (χ0) is 34.7. The van der Waals surface area contributed by atoms with Crippen molar-refractivity contribution in [3.05, 3.63) is 54.0 Å². The Morgan fingerprint density at radius 2 is 1.78 bits per heavy atom. The molecule has 2 amide bonds. The van der Waals surface area contributed by atoms with Crippen LogP contribution in [-0.2, 0) is 14.3 Å². The van der Waals surface area contributed by atoms with Gasteiger partial charge >= 0.3 is 6.09 Å². The van der Waals surface area contributed by atoms with Gasteiger partial charge in [0.05, 0.1) is 45.2 Å². The molecule has 4 heterocycles. The fraction of sp³-hybridized carbons (Fsp3) is 0.605. The first-order valence-electron chi connectivity index (χ1n) is 18.3. The summed E-state index contributed by atoms with van der Waals surface area (Å²) in [6, 6.07) is 7.88. The monoisotopic (exact) mass is 687 g/mol. The van der Waals surface area contributed by atoms with E-state index < -0.39 is 11.7 Å². The maximum atomic E-state index is 15.0. The first kappa shape index (κ1) is 34.4. The Morgan fingerprint density at radius 3 is 2.48 bits per heavy atom. The number of anilines is 1. The highest BCUT2D eigenvalue weighted by Crippen LogP contribution is 2.42. The van der Waals surface area contributed by atoms with Gasteiger partial charge in [-0.2, -0.15) is 0 Å². The van der Waals surface area contributed by atoms with Crippen molar-refractivity contribution in [1.29, 1.82) is 0 Å². The molecular weight excluding hydrogens is 638 g/mol. The summed E-state index contributed by atoms with van der Waals surface area (Å²) in [5.74, 6) is 2.85. The topological polar surface area (TPSA) is 140 Å². The summed E-state index contributed by atoms with van der Waals surface area (Å²) < 4.78 is 23.0. The van der Waals surface area contributed by atoms with Gasteiger partial charge in [-0.3, -0.25) is 14.7 Å². The molecule has 3 aromatic heterocycles. The number of pyridine rings is 2. The Hall–Kier alpha value is -4.03. The quantitative estimate of drug-likeness (QED) is 0.235. The van der Waals surface area contributed by atoms with Crippen LogP contribution in [-0.4, -0.2) is 88.6 Å². The summed E-state index contributed by atoms with van der Waals surface area (Å²) in [6.45, 7) is 3.37. The highest BCUT2D eigenvalue weighted by atomic mass is 16.6. The average Bonchev–Trinajstić information content (AvgIpc) is 3.86. The Kier molecular flexibility index (Phi) is 10.4. The first-order valence-corrected chi connectivity index (χ1v) is 18.3. The molecule has 1 aliphatic heterocycles. The van der Waals surface area contributed by atoms with Crippen molar-refractivity contribution < 1.29 is 33.3 Å². The van der Waals surface area contributed by atoms with Crippen LogP contribution in [0.1, 0.15) is 99.7 Å². The second kappa shape index (κ2) is 15.1. The van der Waals surface area contributed by atoms with Crippen LogP contribution >= 0.6 is 0 Å². The summed E-state index contributed by atoms with van der Waals surface area (Å²) in [4.78, 5) is 46.2. The van der Waals surface area contributed by atoms with E-state index in [0.29, 0.717) is 50.1 Å². The Labute approximate surface area is 293 Å². The molecule has 12 nitrogen and oxygen atoms in total. The summed E-state index contributed by atoms with van der Waals surface area (Å²) in [5.41, 5.74) is 2.26. The summed E-state index contributed by atoms with van der Waals surface area (Å²) in [7, 11) is 1.66. The van der Waals surface area contributed by atoms with Crippen LogP contribution in [0.3, 0.4) is 0 Å². The molecule has 7 rings (SSSR count). The van der Waals surface area contributed by atoms with Crippen LogP contribution in [0.15, 0.2) is 41.1 Å². The molecule has 12 heteroatoms. The van der Waals surface area contributed by atoms with Crippen molar-refractivity contribution in [3.8, 4) is 17.0 Å². The van der Waals surface area contributed by atoms with E-state index in [2.05, 4.69) is 6.07 Å². The van der Waals surface area contributed by atoms with Crippen molar-refractivity contribution in [1.82, 2.24) is 19.9 Å². The summed E-state index contributed by atoms with van der Waals surface area (Å²) in [5, 5.41) is 9.09. The first-order chi connectivity index (χ1) is 24.4. The van der Waals surface area contributed by atoms with Crippen LogP contribution in [0.4, 0.5) is 10.6 Å². The number of carbonyl (C=O) groups excluding carboxylic acids is 2. The van der Waals surface area contributed by atoms with Crippen molar-refractivity contribution in [3.63, 3.8) is 0 Å². The fourth-order valence-electron chi connectivity index (χ4n) is 7.73. The third-order valence-electron chi connectivity index (χ3n) is 10.9. The van der Waals surface area contributed by atoms with Crippen LogP contribution in [0.2, 0.25) is 0 Å². The van der Waals surface area contributed by atoms with E-state index in [0.717, 1.165) is 92.1 Å². The molecule has 4 fully saturated rings. The number of likely N-dealkylation sites (tertiary alicyclic amines) is 1. The zero-order valence-electron chi connectivity index (χ0n) is 29.2. The second-order valence-electron chi connectivity index (χ2n) is 14.4. The molecule has 268 valence electrons. The minimum Gasteiger partial charge on any atom is -0.495 e. The third kappa shape index (κ3) is 7.51. The maximum absolute atomic E-state index is 15.0. The lowest BCUT2D eigenvalue weighted by Gasteiger charge is -2.43. The van der Waals surface area contributed by atoms with Gasteiger partial charge in [-0.25, -0.2) is 14.8 Å². The lowest BCUT2D eigenvalue weighted by atomic mass is 9.79. The molecule has 0 bridgehead atoms. The molecule has 0 unspecified atom stereocenters. The lowest BCUT2D eigenvalue weighted by molar-refractivity contribution is -0.144. The lowest BCUT2D eigenvalue weighted by Crippen LogP contribution is -2.60. The number of amides is 2. The largest absolute Gasteiger partial charge is 0.495 e. The number of aliphatic hydroxyl groups excluding tert-OH is 1. The SMILES string of the molecule is COc1ccc([C@H]2CC[C@H](CN(C(=O)C3(OC(=O)N4CC(OCCO)C4)CCCCC3)c3cc(-c4coc(C5CC5)n4)ccn3)CC2)nc1C. The van der Waals surface area contributed by atoms with Gasteiger partial charge in [0.25, 0.3) is 5.91 Å². The number of nitrogens with zero attached hydrogens (tertiary/aromatic N) is 5. The van der Waals surface area contributed by atoms with Gasteiger partial charge in [-0.05, 0) is 101 Å². The fourth-order valence-corrected chi connectivity index (χ4v) is 7.73. The number of rotatable bonds is 12. The van der Waals surface area contributed by atoms with Crippen molar-refractivity contribution in [2.24, 2.45) is 5.92 Å². The Morgan fingerprint density at radius 1 is 1.02 bits per heavy atom. The number of oxazole rings is 1. The van der Waals surface area contributed by atoms with E-state index in [4.69, 9.17) is 38.7 Å². The van der Waals surface area contributed by atoms with E-state index in [1.165, 1.54) is 0 Å². The average molecular weight is 688 g/mol. The molecule has 0 atom stereocenters. The zero-order valence-corrected chi connectivity index (χ0v) is 29.2. The molecule has 3 saturated carbocycles. The standard InChI is InChI=1S/C38H49N5O7/c1-25-33(47-2)13-12-31(40-25)27-8-6-26(7-9-27)21-43(34-20-29(14-17-39-34)32-24-49-35(41-32)28-10-11-28)36(45)38(15-4-3-5-16-38)50-37(46)42-22-30(23-42)48-19-18-44/h12-14,17,20,24,26-28,30,44H,3-11,15-16,18-19,21-23H2,1-2H3/t26-,27-. The van der Waals surface area contributed by atoms with Gasteiger partial charge in [-0.15, -0.1) is 0 Å². The number of aromatic nitrogens is 3. The summed E-state index contributed by atoms with van der Waals surface area (Å²) in [6.07, 6.45) is 12.3.